The molecule has 0 saturated carbocycles. The van der Waals surface area contributed by atoms with Gasteiger partial charge in [-0.25, -0.2) is 0 Å². The number of nitrogens with zero attached hydrogens (tertiary/aromatic N) is 2. The fourth-order valence-corrected chi connectivity index (χ4v) is 3.07. The summed E-state index contributed by atoms with van der Waals surface area (Å²) in [5.41, 5.74) is 1.98. The topological polar surface area (TPSA) is 64.2 Å². The van der Waals surface area contributed by atoms with Gasteiger partial charge in [-0.05, 0) is 24.3 Å². The average molecular weight is 280 g/mol. The van der Waals surface area contributed by atoms with E-state index in [1.165, 1.54) is 4.57 Å². The Morgan fingerprint density at radius 2 is 1.86 bits per heavy atom. The van der Waals surface area contributed by atoms with E-state index < -0.39 is 0 Å². The van der Waals surface area contributed by atoms with Crippen molar-refractivity contribution in [3.8, 4) is 11.4 Å². The van der Waals surface area contributed by atoms with Crippen LogP contribution < -0.4 is 5.43 Å². The van der Waals surface area contributed by atoms with Gasteiger partial charge < -0.3 is 9.67 Å². The molecule has 2 aromatic heterocycles. The molecule has 0 amide bonds. The van der Waals surface area contributed by atoms with E-state index in [1.807, 2.05) is 22.8 Å². The van der Waals surface area contributed by atoms with Crippen LogP contribution in [0.1, 0.15) is 10.4 Å². The molecule has 1 aliphatic rings. The van der Waals surface area contributed by atoms with Crippen LogP contribution in [0.5, 0.6) is 0 Å². The summed E-state index contributed by atoms with van der Waals surface area (Å²) >= 11 is 0. The van der Waals surface area contributed by atoms with Crippen molar-refractivity contribution in [3.05, 3.63) is 58.4 Å². The quantitative estimate of drug-likeness (QED) is 0.604. The van der Waals surface area contributed by atoms with Crippen LogP contribution in [0.3, 0.4) is 0 Å². The number of para-hydroxylation sites is 1. The van der Waals surface area contributed by atoms with E-state index in [9.17, 15) is 14.7 Å². The van der Waals surface area contributed by atoms with Crippen LogP contribution in [0.2, 0.25) is 0 Å². The van der Waals surface area contributed by atoms with Gasteiger partial charge in [-0.2, -0.15) is 0 Å². The third-order valence-electron chi connectivity index (χ3n) is 3.92. The fraction of sp³-hybridized carbons (Fsp3) is 0.125. The normalized spacial score (nSPS) is 12.7. The maximum Gasteiger partial charge on any atom is 0.268 e. The molecule has 0 saturated heterocycles. The Morgan fingerprint density at radius 3 is 2.67 bits per heavy atom. The predicted octanol–water partition coefficient (Wildman–Crippen LogP) is 1.46. The van der Waals surface area contributed by atoms with Crippen molar-refractivity contribution in [2.24, 2.45) is 0 Å². The number of aliphatic hydroxyl groups is 1. The number of aliphatic hydroxyl groups excluding tert-OH is 1. The van der Waals surface area contributed by atoms with Gasteiger partial charge in [0.25, 0.3) is 5.91 Å². The molecule has 0 spiro atoms. The predicted molar refractivity (Wildman–Crippen MR) is 78.4 cm³/mol. The van der Waals surface area contributed by atoms with Crippen LogP contribution >= 0.6 is 0 Å². The third kappa shape index (κ3) is 1.43. The van der Waals surface area contributed by atoms with Gasteiger partial charge in [-0.15, -0.1) is 0 Å². The lowest BCUT2D eigenvalue weighted by Gasteiger charge is -2.14. The lowest BCUT2D eigenvalue weighted by atomic mass is 10.1. The van der Waals surface area contributed by atoms with Crippen molar-refractivity contribution in [1.82, 2.24) is 9.13 Å². The van der Waals surface area contributed by atoms with Crippen molar-refractivity contribution >= 4 is 16.8 Å². The summed E-state index contributed by atoms with van der Waals surface area (Å²) in [5, 5.41) is 9.86. The van der Waals surface area contributed by atoms with Gasteiger partial charge in [0, 0.05) is 18.1 Å². The molecule has 1 aromatic carbocycles. The number of hydrogen-bond acceptors (Lipinski definition) is 3. The van der Waals surface area contributed by atoms with Crippen molar-refractivity contribution in [1.29, 1.82) is 0 Å². The van der Waals surface area contributed by atoms with Crippen LogP contribution in [-0.2, 0) is 6.54 Å². The van der Waals surface area contributed by atoms with Crippen molar-refractivity contribution in [2.75, 3.05) is 6.61 Å². The Balaban J connectivity index is 2.24. The van der Waals surface area contributed by atoms with Crippen LogP contribution in [0.15, 0.2) is 47.4 Å². The summed E-state index contributed by atoms with van der Waals surface area (Å²) in [7, 11) is 0. The standard InChI is InChI=1S/C16H12N2O3/c19-9-8-17-11-5-2-1-4-10(11)15(20)13-14(17)12-6-3-7-18(12)16(13)21/h1-7,19H,8-9H2. The van der Waals surface area contributed by atoms with E-state index in [2.05, 4.69) is 0 Å². The van der Waals surface area contributed by atoms with Crippen molar-refractivity contribution in [2.45, 2.75) is 6.54 Å². The minimum atomic E-state index is -0.299. The first-order valence-corrected chi connectivity index (χ1v) is 6.73. The molecule has 1 N–H and O–H groups in total. The van der Waals surface area contributed by atoms with Gasteiger partial charge in [-0.1, -0.05) is 12.1 Å². The summed E-state index contributed by atoms with van der Waals surface area (Å²) in [5.74, 6) is -0.299. The molecule has 3 heterocycles. The highest BCUT2D eigenvalue weighted by molar-refractivity contribution is 6.10. The largest absolute Gasteiger partial charge is 0.395 e. The molecule has 4 rings (SSSR count). The highest BCUT2D eigenvalue weighted by Crippen LogP contribution is 2.32. The van der Waals surface area contributed by atoms with E-state index in [0.29, 0.717) is 23.3 Å². The number of rotatable bonds is 2. The smallest absolute Gasteiger partial charge is 0.268 e. The van der Waals surface area contributed by atoms with Gasteiger partial charge in [-0.3, -0.25) is 14.2 Å². The Labute approximate surface area is 119 Å². The van der Waals surface area contributed by atoms with Crippen molar-refractivity contribution < 1.29 is 9.90 Å². The molecule has 21 heavy (non-hydrogen) atoms. The second-order valence-corrected chi connectivity index (χ2v) is 5.01. The summed E-state index contributed by atoms with van der Waals surface area (Å²) in [6.07, 6.45) is 1.66. The zero-order valence-corrected chi connectivity index (χ0v) is 11.1. The second-order valence-electron chi connectivity index (χ2n) is 5.01. The Hall–Kier alpha value is -2.66. The summed E-state index contributed by atoms with van der Waals surface area (Å²) in [4.78, 5) is 25.1. The number of carbonyl (C=O) groups is 1. The molecule has 0 bridgehead atoms. The molecule has 3 aromatic rings. The Kier molecular flexibility index (Phi) is 2.40. The van der Waals surface area contributed by atoms with Crippen LogP contribution in [0, 0.1) is 0 Å². The van der Waals surface area contributed by atoms with Gasteiger partial charge in [0.05, 0.1) is 23.5 Å². The van der Waals surface area contributed by atoms with E-state index in [-0.39, 0.29) is 23.5 Å². The summed E-state index contributed by atoms with van der Waals surface area (Å²) in [6.45, 7) is 0.274. The average Bonchev–Trinajstić information content (AvgIpc) is 3.07. The lowest BCUT2D eigenvalue weighted by Crippen LogP contribution is -2.20. The highest BCUT2D eigenvalue weighted by atomic mass is 16.3. The maximum atomic E-state index is 12.6. The first-order valence-electron chi connectivity index (χ1n) is 6.73. The first-order chi connectivity index (χ1) is 10.2. The Bertz CT molecular complexity index is 950. The molecule has 0 aliphatic carbocycles. The molecule has 5 heteroatoms. The fourth-order valence-electron chi connectivity index (χ4n) is 3.07. The number of pyridine rings is 1. The molecule has 104 valence electrons. The minimum Gasteiger partial charge on any atom is -0.395 e. The van der Waals surface area contributed by atoms with E-state index in [0.717, 1.165) is 5.52 Å². The van der Waals surface area contributed by atoms with Crippen LogP contribution in [-0.4, -0.2) is 26.8 Å². The number of hydrogen-bond donors (Lipinski definition) is 1. The number of carbonyl (C=O) groups excluding carboxylic acids is 1. The van der Waals surface area contributed by atoms with Crippen LogP contribution in [0.25, 0.3) is 22.3 Å². The SMILES string of the molecule is O=C1c2c(n(CCO)c3ccccc3c2=O)-c2cccn21. The summed E-state index contributed by atoms with van der Waals surface area (Å²) in [6, 6.07) is 10.8. The minimum absolute atomic E-state index is 0.0613. The highest BCUT2D eigenvalue weighted by Gasteiger charge is 2.32. The number of aromatic nitrogens is 2. The zero-order chi connectivity index (χ0) is 14.6. The van der Waals surface area contributed by atoms with Crippen LogP contribution in [0.4, 0.5) is 0 Å². The second kappa shape index (κ2) is 4.17. The van der Waals surface area contributed by atoms with E-state index in [4.69, 9.17) is 0 Å². The maximum absolute atomic E-state index is 12.6. The van der Waals surface area contributed by atoms with Gasteiger partial charge in [0.1, 0.15) is 5.56 Å². The number of benzene rings is 1. The van der Waals surface area contributed by atoms with Gasteiger partial charge in [0.15, 0.2) is 0 Å². The zero-order valence-electron chi connectivity index (χ0n) is 11.1. The number of fused-ring (bicyclic) bond motifs is 4. The monoisotopic (exact) mass is 280 g/mol. The molecule has 0 radical (unpaired) electrons. The van der Waals surface area contributed by atoms with E-state index >= 15 is 0 Å². The molecule has 5 nitrogen and oxygen atoms in total. The molecule has 0 unspecified atom stereocenters. The van der Waals surface area contributed by atoms with Gasteiger partial charge >= 0.3 is 0 Å². The van der Waals surface area contributed by atoms with Gasteiger partial charge in [0.2, 0.25) is 5.43 Å². The molecular formula is C16H12N2O3. The molecule has 1 aliphatic heterocycles. The molecule has 0 atom stereocenters. The van der Waals surface area contributed by atoms with Crippen molar-refractivity contribution in [3.63, 3.8) is 0 Å². The lowest BCUT2D eigenvalue weighted by molar-refractivity contribution is 0.0968. The molecule has 0 fully saturated rings. The molecular weight excluding hydrogens is 268 g/mol. The van der Waals surface area contributed by atoms with E-state index in [1.54, 1.807) is 24.4 Å². The Morgan fingerprint density at radius 1 is 1.05 bits per heavy atom. The summed E-state index contributed by atoms with van der Waals surface area (Å²) < 4.78 is 3.33. The first kappa shape index (κ1) is 12.1. The third-order valence-corrected chi connectivity index (χ3v) is 3.92.